The van der Waals surface area contributed by atoms with Gasteiger partial charge in [0.15, 0.2) is 5.60 Å². The summed E-state index contributed by atoms with van der Waals surface area (Å²) in [5, 5.41) is 18.8. The van der Waals surface area contributed by atoms with Crippen molar-refractivity contribution in [2.45, 2.75) is 43.9 Å². The average Bonchev–Trinajstić information content (AvgIpc) is 3.23. The van der Waals surface area contributed by atoms with E-state index in [1.165, 1.54) is 6.07 Å². The van der Waals surface area contributed by atoms with Crippen molar-refractivity contribution >= 4 is 5.91 Å². The van der Waals surface area contributed by atoms with E-state index in [-0.39, 0.29) is 18.3 Å². The van der Waals surface area contributed by atoms with Gasteiger partial charge in [-0.1, -0.05) is 18.2 Å². The molecule has 1 aromatic carbocycles. The standard InChI is InChI=1S/C20H26FN5O2/c21-18-5-2-1-4-16(18)12-25-9-3-8-20(28,19(25)27)13-24-10-6-17(7-11-24)26-14-22-23-15-26/h1-2,4-5,14-15,17,28H,3,6-13H2/t20-/m1/s1. The molecule has 2 aliphatic heterocycles. The number of hydrogen-bond acceptors (Lipinski definition) is 5. The second kappa shape index (κ2) is 7.97. The topological polar surface area (TPSA) is 74.5 Å². The molecule has 1 aromatic heterocycles. The molecular formula is C20H26FN5O2. The van der Waals surface area contributed by atoms with Crippen LogP contribution in [-0.4, -0.2) is 67.4 Å². The second-order valence-corrected chi connectivity index (χ2v) is 7.87. The van der Waals surface area contributed by atoms with Gasteiger partial charge in [0, 0.05) is 44.3 Å². The number of β-amino-alcohol motifs (C(OH)–C–C–N with tert-alkyl or cyclic N) is 1. The van der Waals surface area contributed by atoms with Crippen molar-refractivity contribution in [3.05, 3.63) is 48.3 Å². The number of carbonyl (C=O) groups excluding carboxylic acids is 1. The van der Waals surface area contributed by atoms with Gasteiger partial charge in [0.05, 0.1) is 0 Å². The Hall–Kier alpha value is -2.32. The number of benzene rings is 1. The lowest BCUT2D eigenvalue weighted by Crippen LogP contribution is -2.59. The van der Waals surface area contributed by atoms with Crippen molar-refractivity contribution in [1.29, 1.82) is 0 Å². The lowest BCUT2D eigenvalue weighted by Gasteiger charge is -2.42. The Bertz CT molecular complexity index is 807. The van der Waals surface area contributed by atoms with Gasteiger partial charge in [-0.15, -0.1) is 10.2 Å². The first-order valence-corrected chi connectivity index (χ1v) is 9.87. The fourth-order valence-electron chi connectivity index (χ4n) is 4.34. The van der Waals surface area contributed by atoms with E-state index in [4.69, 9.17) is 0 Å². The highest BCUT2D eigenvalue weighted by molar-refractivity contribution is 5.86. The zero-order valence-corrected chi connectivity index (χ0v) is 15.9. The minimum Gasteiger partial charge on any atom is -0.379 e. The Balaban J connectivity index is 1.37. The van der Waals surface area contributed by atoms with Crippen molar-refractivity contribution in [2.24, 2.45) is 0 Å². The minimum absolute atomic E-state index is 0.198. The average molecular weight is 387 g/mol. The summed E-state index contributed by atoms with van der Waals surface area (Å²) < 4.78 is 16.0. The van der Waals surface area contributed by atoms with Crippen LogP contribution < -0.4 is 0 Å². The van der Waals surface area contributed by atoms with E-state index in [0.29, 0.717) is 37.5 Å². The van der Waals surface area contributed by atoms with Gasteiger partial charge in [-0.25, -0.2) is 4.39 Å². The number of rotatable bonds is 5. The zero-order chi connectivity index (χ0) is 19.6. The van der Waals surface area contributed by atoms with Crippen LogP contribution in [0.15, 0.2) is 36.9 Å². The van der Waals surface area contributed by atoms with Gasteiger partial charge >= 0.3 is 0 Å². The number of hydrogen-bond donors (Lipinski definition) is 1. The third-order valence-corrected chi connectivity index (χ3v) is 5.92. The van der Waals surface area contributed by atoms with E-state index >= 15 is 0 Å². The quantitative estimate of drug-likeness (QED) is 0.844. The van der Waals surface area contributed by atoms with Crippen molar-refractivity contribution < 1.29 is 14.3 Å². The van der Waals surface area contributed by atoms with Crippen LogP contribution >= 0.6 is 0 Å². The summed E-state index contributed by atoms with van der Waals surface area (Å²) in [5.41, 5.74) is -0.915. The second-order valence-electron chi connectivity index (χ2n) is 7.87. The number of carbonyl (C=O) groups is 1. The van der Waals surface area contributed by atoms with Crippen molar-refractivity contribution in [3.8, 4) is 0 Å². The minimum atomic E-state index is -1.40. The van der Waals surface area contributed by atoms with Gasteiger partial charge in [0.2, 0.25) is 0 Å². The van der Waals surface area contributed by atoms with Crippen LogP contribution in [0.1, 0.15) is 37.3 Å². The highest BCUT2D eigenvalue weighted by Crippen LogP contribution is 2.28. The molecule has 0 spiro atoms. The third kappa shape index (κ3) is 3.93. The molecule has 2 fully saturated rings. The monoisotopic (exact) mass is 387 g/mol. The smallest absolute Gasteiger partial charge is 0.256 e. The van der Waals surface area contributed by atoms with Crippen LogP contribution in [-0.2, 0) is 11.3 Å². The van der Waals surface area contributed by atoms with Gasteiger partial charge in [0.1, 0.15) is 18.5 Å². The molecule has 0 radical (unpaired) electrons. The Morgan fingerprint density at radius 3 is 2.57 bits per heavy atom. The fraction of sp³-hybridized carbons (Fsp3) is 0.550. The molecule has 8 heteroatoms. The Labute approximate surface area is 163 Å². The van der Waals surface area contributed by atoms with E-state index < -0.39 is 5.60 Å². The summed E-state index contributed by atoms with van der Waals surface area (Å²) >= 11 is 0. The first-order valence-electron chi connectivity index (χ1n) is 9.87. The molecule has 7 nitrogen and oxygen atoms in total. The Morgan fingerprint density at radius 1 is 1.14 bits per heavy atom. The summed E-state index contributed by atoms with van der Waals surface area (Å²) in [7, 11) is 0. The molecule has 4 rings (SSSR count). The lowest BCUT2D eigenvalue weighted by molar-refractivity contribution is -0.160. The highest BCUT2D eigenvalue weighted by atomic mass is 19.1. The van der Waals surface area contributed by atoms with Crippen LogP contribution in [0.25, 0.3) is 0 Å². The number of amides is 1. The Kier molecular flexibility index (Phi) is 5.41. The predicted molar refractivity (Wildman–Crippen MR) is 101 cm³/mol. The molecule has 1 N–H and O–H groups in total. The van der Waals surface area contributed by atoms with E-state index in [0.717, 1.165) is 25.9 Å². The van der Waals surface area contributed by atoms with Gasteiger partial charge in [-0.05, 0) is 31.7 Å². The molecule has 0 unspecified atom stereocenters. The van der Waals surface area contributed by atoms with E-state index in [9.17, 15) is 14.3 Å². The molecule has 0 saturated carbocycles. The SMILES string of the molecule is O=C1N(Cc2ccccc2F)CCC[C@@]1(O)CN1CCC(n2cnnc2)CC1. The van der Waals surface area contributed by atoms with Crippen LogP contribution in [0, 0.1) is 5.82 Å². The molecule has 3 heterocycles. The maximum absolute atomic E-state index is 14.0. The normalized spacial score (nSPS) is 24.6. The van der Waals surface area contributed by atoms with E-state index in [1.54, 1.807) is 35.8 Å². The predicted octanol–water partition coefficient (Wildman–Crippen LogP) is 1.61. The first kappa shape index (κ1) is 19.0. The molecule has 150 valence electrons. The maximum Gasteiger partial charge on any atom is 0.256 e. The Morgan fingerprint density at radius 2 is 1.86 bits per heavy atom. The fourth-order valence-corrected chi connectivity index (χ4v) is 4.34. The van der Waals surface area contributed by atoms with Crippen LogP contribution in [0.2, 0.25) is 0 Å². The molecule has 2 saturated heterocycles. The number of aromatic nitrogens is 3. The molecule has 2 aliphatic rings. The van der Waals surface area contributed by atoms with Crippen molar-refractivity contribution in [1.82, 2.24) is 24.6 Å². The zero-order valence-electron chi connectivity index (χ0n) is 15.9. The number of likely N-dealkylation sites (tertiary alicyclic amines) is 2. The summed E-state index contributed by atoms with van der Waals surface area (Å²) in [6.45, 7) is 2.70. The summed E-state index contributed by atoms with van der Waals surface area (Å²) in [4.78, 5) is 16.7. The van der Waals surface area contributed by atoms with Crippen molar-refractivity contribution in [3.63, 3.8) is 0 Å². The highest BCUT2D eigenvalue weighted by Gasteiger charge is 2.43. The van der Waals surface area contributed by atoms with Gasteiger partial charge in [0.25, 0.3) is 5.91 Å². The van der Waals surface area contributed by atoms with E-state index in [1.807, 2.05) is 4.57 Å². The summed E-state index contributed by atoms with van der Waals surface area (Å²) in [6.07, 6.45) is 6.50. The van der Waals surface area contributed by atoms with Crippen LogP contribution in [0.5, 0.6) is 0 Å². The molecule has 0 aliphatic carbocycles. The van der Waals surface area contributed by atoms with Gasteiger partial charge in [-0.2, -0.15) is 0 Å². The first-order chi connectivity index (χ1) is 13.5. The lowest BCUT2D eigenvalue weighted by atomic mass is 9.89. The molecule has 0 bridgehead atoms. The maximum atomic E-state index is 14.0. The largest absolute Gasteiger partial charge is 0.379 e. The molecular weight excluding hydrogens is 361 g/mol. The number of nitrogens with zero attached hydrogens (tertiary/aromatic N) is 5. The van der Waals surface area contributed by atoms with Gasteiger partial charge in [-0.3, -0.25) is 9.69 Å². The molecule has 2 aromatic rings. The summed E-state index contributed by atoms with van der Waals surface area (Å²) in [5.74, 6) is -0.608. The number of piperidine rings is 2. The molecule has 1 amide bonds. The number of halogens is 1. The van der Waals surface area contributed by atoms with E-state index in [2.05, 4.69) is 15.1 Å². The molecule has 28 heavy (non-hydrogen) atoms. The summed E-state index contributed by atoms with van der Waals surface area (Å²) in [6, 6.07) is 6.85. The third-order valence-electron chi connectivity index (χ3n) is 5.92. The van der Waals surface area contributed by atoms with Crippen LogP contribution in [0.3, 0.4) is 0 Å². The van der Waals surface area contributed by atoms with Crippen LogP contribution in [0.4, 0.5) is 4.39 Å². The van der Waals surface area contributed by atoms with Gasteiger partial charge < -0.3 is 14.6 Å². The molecule has 1 atom stereocenters. The number of aliphatic hydroxyl groups is 1. The van der Waals surface area contributed by atoms with Crippen molar-refractivity contribution in [2.75, 3.05) is 26.2 Å².